The number of carbonyl (C=O) groups is 1. The number of fused-ring (bicyclic) bond motifs is 2. The fourth-order valence-corrected chi connectivity index (χ4v) is 4.12. The molecule has 1 amide bonds. The van der Waals surface area contributed by atoms with Crippen LogP contribution in [0.3, 0.4) is 0 Å². The summed E-state index contributed by atoms with van der Waals surface area (Å²) < 4.78 is 1.60. The van der Waals surface area contributed by atoms with Gasteiger partial charge in [0.2, 0.25) is 0 Å². The van der Waals surface area contributed by atoms with Crippen LogP contribution in [0.4, 0.5) is 5.69 Å². The number of pyridine rings is 1. The molecule has 122 valence electrons. The number of para-hydroxylation sites is 1. The highest BCUT2D eigenvalue weighted by molar-refractivity contribution is 8.00. The molecule has 0 saturated carbocycles. The summed E-state index contributed by atoms with van der Waals surface area (Å²) in [6, 6.07) is 9.88. The summed E-state index contributed by atoms with van der Waals surface area (Å²) in [6.07, 6.45) is 1.61. The Morgan fingerprint density at radius 2 is 2.04 bits per heavy atom. The van der Waals surface area contributed by atoms with E-state index in [0.29, 0.717) is 22.0 Å². The normalized spacial score (nSPS) is 20.2. The van der Waals surface area contributed by atoms with Crippen molar-refractivity contribution >= 4 is 34.5 Å². The average Bonchev–Trinajstić information content (AvgIpc) is 2.96. The van der Waals surface area contributed by atoms with E-state index in [1.807, 2.05) is 23.1 Å². The molecular weight excluding hydrogens is 322 g/mol. The molecule has 0 N–H and O–H groups in total. The number of aromatic nitrogens is 4. The monoisotopic (exact) mass is 339 g/mol. The maximum absolute atomic E-state index is 13.2. The summed E-state index contributed by atoms with van der Waals surface area (Å²) in [5.74, 6) is -0.0536. The SMILES string of the molecule is C[C@@H]1[C@@H](C)Sc2ccccc2N1C(=O)c1cnc2c(c1)nnn2C. The van der Waals surface area contributed by atoms with E-state index in [9.17, 15) is 4.79 Å². The van der Waals surface area contributed by atoms with Gasteiger partial charge in [0.25, 0.3) is 5.91 Å². The largest absolute Gasteiger partial charge is 0.303 e. The maximum Gasteiger partial charge on any atom is 0.260 e. The molecule has 2 aromatic heterocycles. The molecule has 1 aliphatic heterocycles. The third-order valence-electron chi connectivity index (χ3n) is 4.43. The molecule has 6 nitrogen and oxygen atoms in total. The van der Waals surface area contributed by atoms with Crippen LogP contribution < -0.4 is 4.90 Å². The number of carbonyl (C=O) groups excluding carboxylic acids is 1. The van der Waals surface area contributed by atoms with Crippen molar-refractivity contribution < 1.29 is 4.79 Å². The van der Waals surface area contributed by atoms with E-state index in [0.717, 1.165) is 10.6 Å². The first-order valence-electron chi connectivity index (χ1n) is 7.81. The summed E-state index contributed by atoms with van der Waals surface area (Å²) in [6.45, 7) is 4.23. The molecule has 0 spiro atoms. The molecule has 0 unspecified atom stereocenters. The summed E-state index contributed by atoms with van der Waals surface area (Å²) in [5.41, 5.74) is 2.78. The van der Waals surface area contributed by atoms with Gasteiger partial charge in [-0.1, -0.05) is 24.3 Å². The molecule has 24 heavy (non-hydrogen) atoms. The molecular formula is C17H17N5OS. The number of aryl methyl sites for hydroxylation is 1. The topological polar surface area (TPSA) is 63.9 Å². The van der Waals surface area contributed by atoms with E-state index in [2.05, 4.69) is 35.2 Å². The third kappa shape index (κ3) is 2.27. The van der Waals surface area contributed by atoms with Crippen LogP contribution in [0, 0.1) is 0 Å². The molecule has 3 heterocycles. The average molecular weight is 339 g/mol. The van der Waals surface area contributed by atoms with E-state index >= 15 is 0 Å². The lowest BCUT2D eigenvalue weighted by Crippen LogP contribution is -2.46. The molecule has 3 aromatic rings. The first kappa shape index (κ1) is 15.1. The zero-order valence-corrected chi connectivity index (χ0v) is 14.5. The van der Waals surface area contributed by atoms with E-state index in [4.69, 9.17) is 0 Å². The Hall–Kier alpha value is -2.41. The fourth-order valence-electron chi connectivity index (χ4n) is 2.96. The van der Waals surface area contributed by atoms with Crippen molar-refractivity contribution in [2.45, 2.75) is 30.0 Å². The highest BCUT2D eigenvalue weighted by Crippen LogP contribution is 2.41. The Kier molecular flexibility index (Phi) is 3.53. The van der Waals surface area contributed by atoms with E-state index in [1.165, 1.54) is 0 Å². The van der Waals surface area contributed by atoms with Gasteiger partial charge in [0.1, 0.15) is 5.52 Å². The van der Waals surface area contributed by atoms with Crippen LogP contribution in [-0.2, 0) is 7.05 Å². The molecule has 0 aliphatic carbocycles. The van der Waals surface area contributed by atoms with E-state index in [1.54, 1.807) is 35.8 Å². The first-order valence-corrected chi connectivity index (χ1v) is 8.69. The second-order valence-corrected chi connectivity index (χ2v) is 7.41. The number of benzene rings is 1. The van der Waals surface area contributed by atoms with Gasteiger partial charge in [-0.3, -0.25) is 4.79 Å². The van der Waals surface area contributed by atoms with Crippen LogP contribution >= 0.6 is 11.8 Å². The number of amides is 1. The van der Waals surface area contributed by atoms with Crippen molar-refractivity contribution in [2.24, 2.45) is 7.05 Å². The van der Waals surface area contributed by atoms with Crippen LogP contribution in [-0.4, -0.2) is 37.2 Å². The molecule has 4 rings (SSSR count). The Balaban J connectivity index is 1.79. The standard InChI is InChI=1S/C17H17N5OS/c1-10-11(2)24-15-7-5-4-6-14(15)22(10)17(23)12-8-13-16(18-9-12)21(3)20-19-13/h4-11H,1-3H3/t10-,11-/m1/s1. The lowest BCUT2D eigenvalue weighted by Gasteiger charge is -2.38. The van der Waals surface area contributed by atoms with Crippen LogP contribution in [0.2, 0.25) is 0 Å². The molecule has 2 atom stereocenters. The molecule has 7 heteroatoms. The third-order valence-corrected chi connectivity index (χ3v) is 5.80. The van der Waals surface area contributed by atoms with Crippen molar-refractivity contribution in [3.63, 3.8) is 0 Å². The van der Waals surface area contributed by atoms with Crippen LogP contribution in [0.5, 0.6) is 0 Å². The number of thioether (sulfide) groups is 1. The molecule has 1 aromatic carbocycles. The van der Waals surface area contributed by atoms with E-state index in [-0.39, 0.29) is 11.9 Å². The minimum absolute atomic E-state index is 0.0536. The second kappa shape index (κ2) is 5.59. The van der Waals surface area contributed by atoms with Gasteiger partial charge >= 0.3 is 0 Å². The van der Waals surface area contributed by atoms with Gasteiger partial charge < -0.3 is 4.90 Å². The predicted molar refractivity (Wildman–Crippen MR) is 94.3 cm³/mol. The number of nitrogens with zero attached hydrogens (tertiary/aromatic N) is 5. The predicted octanol–water partition coefficient (Wildman–Crippen LogP) is 2.89. The van der Waals surface area contributed by atoms with Gasteiger partial charge in [-0.2, -0.15) is 0 Å². The number of rotatable bonds is 1. The van der Waals surface area contributed by atoms with Crippen molar-refractivity contribution in [1.82, 2.24) is 20.0 Å². The highest BCUT2D eigenvalue weighted by Gasteiger charge is 2.34. The van der Waals surface area contributed by atoms with Crippen LogP contribution in [0.25, 0.3) is 11.2 Å². The van der Waals surface area contributed by atoms with Gasteiger partial charge in [-0.15, -0.1) is 16.9 Å². The summed E-state index contributed by atoms with van der Waals surface area (Å²) in [5, 5.41) is 8.32. The Bertz CT molecular complexity index is 938. The molecule has 0 fully saturated rings. The number of anilines is 1. The Morgan fingerprint density at radius 3 is 2.88 bits per heavy atom. The second-order valence-electron chi connectivity index (χ2n) is 5.99. The number of hydrogen-bond donors (Lipinski definition) is 0. The van der Waals surface area contributed by atoms with E-state index < -0.39 is 0 Å². The maximum atomic E-state index is 13.2. The van der Waals surface area contributed by atoms with Crippen molar-refractivity contribution in [2.75, 3.05) is 4.90 Å². The minimum atomic E-state index is -0.0536. The van der Waals surface area contributed by atoms with Crippen molar-refractivity contribution in [3.8, 4) is 0 Å². The smallest absolute Gasteiger partial charge is 0.260 e. The quantitative estimate of drug-likeness (QED) is 0.682. The molecule has 1 aliphatic rings. The lowest BCUT2D eigenvalue weighted by atomic mass is 10.1. The molecule has 0 bridgehead atoms. The zero-order chi connectivity index (χ0) is 16.8. The highest BCUT2D eigenvalue weighted by atomic mass is 32.2. The van der Waals surface area contributed by atoms with Gasteiger partial charge in [0.05, 0.1) is 11.3 Å². The van der Waals surface area contributed by atoms with Crippen molar-refractivity contribution in [3.05, 3.63) is 42.1 Å². The van der Waals surface area contributed by atoms with Gasteiger partial charge in [-0.25, -0.2) is 9.67 Å². The summed E-state index contributed by atoms with van der Waals surface area (Å²) >= 11 is 1.81. The zero-order valence-electron chi connectivity index (χ0n) is 13.7. The van der Waals surface area contributed by atoms with Gasteiger partial charge in [-0.05, 0) is 25.1 Å². The molecule has 0 saturated heterocycles. The molecule has 0 radical (unpaired) electrons. The van der Waals surface area contributed by atoms with Gasteiger partial charge in [0, 0.05) is 29.4 Å². The van der Waals surface area contributed by atoms with Crippen LogP contribution in [0.15, 0.2) is 41.4 Å². The first-order chi connectivity index (χ1) is 11.6. The van der Waals surface area contributed by atoms with Crippen molar-refractivity contribution in [1.29, 1.82) is 0 Å². The Labute approximate surface area is 143 Å². The minimum Gasteiger partial charge on any atom is -0.303 e. The lowest BCUT2D eigenvalue weighted by molar-refractivity contribution is 0.0977. The fraction of sp³-hybridized carbons (Fsp3) is 0.294. The van der Waals surface area contributed by atoms with Gasteiger partial charge in [0.15, 0.2) is 5.65 Å². The Morgan fingerprint density at radius 1 is 1.25 bits per heavy atom. The number of hydrogen-bond acceptors (Lipinski definition) is 5. The van der Waals surface area contributed by atoms with Crippen LogP contribution in [0.1, 0.15) is 24.2 Å². The summed E-state index contributed by atoms with van der Waals surface area (Å²) in [4.78, 5) is 20.5. The summed E-state index contributed by atoms with van der Waals surface area (Å²) in [7, 11) is 1.78.